The molecule has 0 aliphatic heterocycles. The van der Waals surface area contributed by atoms with Crippen LogP contribution >= 0.6 is 11.6 Å². The average Bonchev–Trinajstić information content (AvgIpc) is 2.43. The highest BCUT2D eigenvalue weighted by atomic mass is 35.5. The van der Waals surface area contributed by atoms with E-state index in [9.17, 15) is 14.0 Å². The van der Waals surface area contributed by atoms with Gasteiger partial charge in [-0.3, -0.25) is 4.79 Å². The molecule has 0 fully saturated rings. The molecule has 0 bridgehead atoms. The van der Waals surface area contributed by atoms with Gasteiger partial charge in [-0.25, -0.2) is 9.18 Å². The van der Waals surface area contributed by atoms with Gasteiger partial charge in [0.15, 0.2) is 5.78 Å². The molecule has 2 rings (SSSR count). The molecule has 2 amide bonds. The van der Waals surface area contributed by atoms with E-state index in [1.807, 2.05) is 0 Å². The van der Waals surface area contributed by atoms with Crippen LogP contribution in [0.15, 0.2) is 42.5 Å². The number of carbonyl (C=O) groups excluding carboxylic acids is 2. The zero-order valence-corrected chi connectivity index (χ0v) is 11.9. The second kappa shape index (κ2) is 6.37. The predicted octanol–water partition coefficient (Wildman–Crippen LogP) is 4.33. The standard InChI is InChI=1S/C15H12ClFN2O2/c1-9(20)10-2-4-11(5-3-10)18-15(21)19-12-6-7-14(17)13(16)8-12/h2-8H,1H3,(H2,18,19,21). The van der Waals surface area contributed by atoms with Crippen LogP contribution in [-0.2, 0) is 0 Å². The van der Waals surface area contributed by atoms with Crippen LogP contribution in [0.1, 0.15) is 17.3 Å². The van der Waals surface area contributed by atoms with E-state index < -0.39 is 11.8 Å². The number of hydrogen-bond acceptors (Lipinski definition) is 2. The van der Waals surface area contributed by atoms with Crippen molar-refractivity contribution in [2.75, 3.05) is 10.6 Å². The van der Waals surface area contributed by atoms with Gasteiger partial charge >= 0.3 is 6.03 Å². The lowest BCUT2D eigenvalue weighted by molar-refractivity contribution is 0.101. The first-order valence-corrected chi connectivity index (χ1v) is 6.47. The van der Waals surface area contributed by atoms with Gasteiger partial charge in [0.25, 0.3) is 0 Å². The van der Waals surface area contributed by atoms with Gasteiger partial charge in [0.2, 0.25) is 0 Å². The molecule has 0 saturated carbocycles. The number of hydrogen-bond donors (Lipinski definition) is 2. The van der Waals surface area contributed by atoms with E-state index >= 15 is 0 Å². The molecule has 0 aromatic heterocycles. The van der Waals surface area contributed by atoms with Crippen molar-refractivity contribution >= 4 is 34.8 Å². The Bertz CT molecular complexity index is 687. The average molecular weight is 307 g/mol. The van der Waals surface area contributed by atoms with Gasteiger partial charge in [-0.05, 0) is 49.4 Å². The number of urea groups is 1. The fourth-order valence-electron chi connectivity index (χ4n) is 1.66. The molecular formula is C15H12ClFN2O2. The van der Waals surface area contributed by atoms with Crippen molar-refractivity contribution in [2.45, 2.75) is 6.92 Å². The molecule has 108 valence electrons. The lowest BCUT2D eigenvalue weighted by Crippen LogP contribution is -2.19. The molecule has 0 aliphatic rings. The SMILES string of the molecule is CC(=O)c1ccc(NC(=O)Nc2ccc(F)c(Cl)c2)cc1. The van der Waals surface area contributed by atoms with Gasteiger partial charge in [-0.1, -0.05) is 11.6 Å². The first-order valence-electron chi connectivity index (χ1n) is 6.10. The summed E-state index contributed by atoms with van der Waals surface area (Å²) in [6, 6.07) is 9.86. The maximum Gasteiger partial charge on any atom is 0.323 e. The Kier molecular flexibility index (Phi) is 4.55. The first-order chi connectivity index (χ1) is 9.95. The highest BCUT2D eigenvalue weighted by Crippen LogP contribution is 2.19. The molecule has 6 heteroatoms. The highest BCUT2D eigenvalue weighted by Gasteiger charge is 2.06. The summed E-state index contributed by atoms with van der Waals surface area (Å²) in [4.78, 5) is 22.9. The maximum atomic E-state index is 13.0. The number of anilines is 2. The topological polar surface area (TPSA) is 58.2 Å². The Morgan fingerprint density at radius 3 is 2.14 bits per heavy atom. The van der Waals surface area contributed by atoms with Crippen molar-refractivity contribution < 1.29 is 14.0 Å². The zero-order chi connectivity index (χ0) is 15.4. The molecule has 21 heavy (non-hydrogen) atoms. The molecule has 0 aliphatic carbocycles. The maximum absolute atomic E-state index is 13.0. The lowest BCUT2D eigenvalue weighted by Gasteiger charge is -2.08. The summed E-state index contributed by atoms with van der Waals surface area (Å²) in [7, 11) is 0. The first kappa shape index (κ1) is 15.0. The number of Topliss-reactive ketones (excluding diaryl/α,β-unsaturated/α-hetero) is 1. The Morgan fingerprint density at radius 1 is 1.00 bits per heavy atom. The van der Waals surface area contributed by atoms with Crippen molar-refractivity contribution in [3.63, 3.8) is 0 Å². The number of carbonyl (C=O) groups is 2. The fraction of sp³-hybridized carbons (Fsp3) is 0.0667. The van der Waals surface area contributed by atoms with Crippen LogP contribution in [0.2, 0.25) is 5.02 Å². The monoisotopic (exact) mass is 306 g/mol. The summed E-state index contributed by atoms with van der Waals surface area (Å²) in [5, 5.41) is 5.05. The van der Waals surface area contributed by atoms with Crippen molar-refractivity contribution in [1.82, 2.24) is 0 Å². The molecule has 4 nitrogen and oxygen atoms in total. The van der Waals surface area contributed by atoms with E-state index in [1.54, 1.807) is 24.3 Å². The van der Waals surface area contributed by atoms with E-state index in [1.165, 1.54) is 25.1 Å². The Labute approximate surface area is 125 Å². The summed E-state index contributed by atoms with van der Waals surface area (Å²) < 4.78 is 13.0. The minimum Gasteiger partial charge on any atom is -0.308 e. The Morgan fingerprint density at radius 2 is 1.57 bits per heavy atom. The molecule has 2 N–H and O–H groups in total. The zero-order valence-electron chi connectivity index (χ0n) is 11.1. The minimum absolute atomic E-state index is 0.0491. The minimum atomic E-state index is -0.553. The largest absolute Gasteiger partial charge is 0.323 e. The second-order valence-electron chi connectivity index (χ2n) is 4.34. The number of ketones is 1. The third-order valence-corrected chi connectivity index (χ3v) is 3.02. The Balaban J connectivity index is 2.01. The third-order valence-electron chi connectivity index (χ3n) is 2.73. The lowest BCUT2D eigenvalue weighted by atomic mass is 10.1. The summed E-state index contributed by atoms with van der Waals surface area (Å²) >= 11 is 5.63. The van der Waals surface area contributed by atoms with E-state index in [2.05, 4.69) is 10.6 Å². The van der Waals surface area contributed by atoms with Crippen LogP contribution in [0.4, 0.5) is 20.6 Å². The van der Waals surface area contributed by atoms with Crippen molar-refractivity contribution in [3.8, 4) is 0 Å². The van der Waals surface area contributed by atoms with Crippen LogP contribution in [0.3, 0.4) is 0 Å². The Hall–Kier alpha value is -2.40. The summed E-state index contributed by atoms with van der Waals surface area (Å²) in [6.07, 6.45) is 0. The number of halogens is 2. The summed E-state index contributed by atoms with van der Waals surface area (Å²) in [6.45, 7) is 1.47. The molecule has 2 aromatic rings. The second-order valence-corrected chi connectivity index (χ2v) is 4.75. The molecule has 0 atom stereocenters. The molecule has 0 radical (unpaired) electrons. The number of nitrogens with one attached hydrogen (secondary N) is 2. The van der Waals surface area contributed by atoms with Gasteiger partial charge in [-0.15, -0.1) is 0 Å². The molecule has 0 spiro atoms. The van der Waals surface area contributed by atoms with Crippen LogP contribution in [0.25, 0.3) is 0 Å². The van der Waals surface area contributed by atoms with E-state index in [4.69, 9.17) is 11.6 Å². The third kappa shape index (κ3) is 4.03. The molecular weight excluding hydrogens is 295 g/mol. The van der Waals surface area contributed by atoms with Crippen LogP contribution in [0.5, 0.6) is 0 Å². The van der Waals surface area contributed by atoms with Crippen molar-refractivity contribution in [3.05, 3.63) is 58.9 Å². The smallest absolute Gasteiger partial charge is 0.308 e. The van der Waals surface area contributed by atoms with Crippen LogP contribution in [-0.4, -0.2) is 11.8 Å². The highest BCUT2D eigenvalue weighted by molar-refractivity contribution is 6.31. The summed E-state index contributed by atoms with van der Waals surface area (Å²) in [5.41, 5.74) is 1.47. The molecule has 0 heterocycles. The fourth-order valence-corrected chi connectivity index (χ4v) is 1.84. The molecule has 0 saturated heterocycles. The van der Waals surface area contributed by atoms with Gasteiger partial charge in [0.1, 0.15) is 5.82 Å². The normalized spacial score (nSPS) is 10.0. The van der Waals surface area contributed by atoms with E-state index in [-0.39, 0.29) is 10.8 Å². The molecule has 2 aromatic carbocycles. The van der Waals surface area contributed by atoms with Crippen molar-refractivity contribution in [2.24, 2.45) is 0 Å². The predicted molar refractivity (Wildman–Crippen MR) is 80.5 cm³/mol. The number of rotatable bonds is 3. The van der Waals surface area contributed by atoms with Crippen molar-refractivity contribution in [1.29, 1.82) is 0 Å². The quantitative estimate of drug-likeness (QED) is 0.829. The molecule has 0 unspecified atom stereocenters. The van der Waals surface area contributed by atoms with Gasteiger partial charge in [0.05, 0.1) is 5.02 Å². The van der Waals surface area contributed by atoms with E-state index in [0.29, 0.717) is 16.9 Å². The number of benzene rings is 2. The van der Waals surface area contributed by atoms with Gasteiger partial charge in [-0.2, -0.15) is 0 Å². The van der Waals surface area contributed by atoms with Crippen LogP contribution in [0, 0.1) is 5.82 Å². The van der Waals surface area contributed by atoms with E-state index in [0.717, 1.165) is 0 Å². The van der Waals surface area contributed by atoms with Crippen LogP contribution < -0.4 is 10.6 Å². The van der Waals surface area contributed by atoms with Gasteiger partial charge < -0.3 is 10.6 Å². The summed E-state index contributed by atoms with van der Waals surface area (Å²) in [5.74, 6) is -0.602. The van der Waals surface area contributed by atoms with Gasteiger partial charge in [0, 0.05) is 16.9 Å². The number of amides is 2.